The van der Waals surface area contributed by atoms with Crippen LogP contribution in [0.25, 0.3) is 10.9 Å². The fraction of sp³-hybridized carbons (Fsp3) is 0.423. The van der Waals surface area contributed by atoms with Crippen LogP contribution in [-0.4, -0.2) is 66.4 Å². The second-order valence-corrected chi connectivity index (χ2v) is 9.05. The molecule has 1 N–H and O–H groups in total. The maximum atomic E-state index is 14.6. The van der Waals surface area contributed by atoms with E-state index in [1.54, 1.807) is 35.8 Å². The lowest BCUT2D eigenvalue weighted by Gasteiger charge is -2.32. The van der Waals surface area contributed by atoms with Gasteiger partial charge >= 0.3 is 12.1 Å². The molecule has 8 nitrogen and oxygen atoms in total. The van der Waals surface area contributed by atoms with E-state index in [9.17, 15) is 27.2 Å². The average molecular weight is 537 g/mol. The standard InChI is InChI=1S/C26H28F4N4O4/c1-37-12-11-34-15-20(18-5-8-31-23(38-2)22(18)34)24(35)33-9-6-17(7-10-33)19-13-16(3-4-21(19)27)14-32-25(36)26(28,29)30/h3-5,8,13,15,17H,6-7,9-12,14H2,1-2H3,(H,32,36). The number of carbonyl (C=O) groups is 2. The number of pyridine rings is 1. The molecule has 1 aromatic carbocycles. The molecule has 3 aromatic rings. The summed E-state index contributed by atoms with van der Waals surface area (Å²) < 4.78 is 64.5. The van der Waals surface area contributed by atoms with Gasteiger partial charge in [0.15, 0.2) is 0 Å². The van der Waals surface area contributed by atoms with Crippen molar-refractivity contribution in [1.29, 1.82) is 0 Å². The number of carbonyl (C=O) groups excluding carboxylic acids is 2. The number of piperidine rings is 1. The minimum atomic E-state index is -4.99. The van der Waals surface area contributed by atoms with E-state index < -0.39 is 17.9 Å². The first kappa shape index (κ1) is 27.4. The highest BCUT2D eigenvalue weighted by atomic mass is 19.4. The summed E-state index contributed by atoms with van der Waals surface area (Å²) in [7, 11) is 3.11. The van der Waals surface area contributed by atoms with Crippen LogP contribution in [0.2, 0.25) is 0 Å². The van der Waals surface area contributed by atoms with Crippen molar-refractivity contribution in [3.8, 4) is 5.88 Å². The van der Waals surface area contributed by atoms with E-state index in [4.69, 9.17) is 9.47 Å². The summed E-state index contributed by atoms with van der Waals surface area (Å²) in [6.45, 7) is 1.33. The lowest BCUT2D eigenvalue weighted by Crippen LogP contribution is -2.38. The number of likely N-dealkylation sites (tertiary alicyclic amines) is 1. The molecule has 1 saturated heterocycles. The van der Waals surface area contributed by atoms with Crippen LogP contribution in [0.3, 0.4) is 0 Å². The van der Waals surface area contributed by atoms with Crippen molar-refractivity contribution < 1.29 is 36.6 Å². The minimum absolute atomic E-state index is 0.165. The number of nitrogens with zero attached hydrogens (tertiary/aromatic N) is 3. The Bertz CT molecular complexity index is 1320. The highest BCUT2D eigenvalue weighted by Crippen LogP contribution is 2.33. The van der Waals surface area contributed by atoms with Crippen LogP contribution in [0.15, 0.2) is 36.7 Å². The fourth-order valence-corrected chi connectivity index (χ4v) is 4.77. The van der Waals surface area contributed by atoms with Gasteiger partial charge in [-0.05, 0) is 42.0 Å². The Morgan fingerprint density at radius 2 is 1.89 bits per heavy atom. The number of halogens is 4. The molecular formula is C26H28F4N4O4. The predicted molar refractivity (Wildman–Crippen MR) is 130 cm³/mol. The van der Waals surface area contributed by atoms with Crippen molar-refractivity contribution in [2.45, 2.75) is 38.0 Å². The quantitative estimate of drug-likeness (QED) is 0.440. The summed E-state index contributed by atoms with van der Waals surface area (Å²) in [6, 6.07) is 5.78. The number of rotatable bonds is 8. The molecule has 38 heavy (non-hydrogen) atoms. The van der Waals surface area contributed by atoms with Crippen molar-refractivity contribution >= 4 is 22.7 Å². The highest BCUT2D eigenvalue weighted by Gasteiger charge is 2.38. The van der Waals surface area contributed by atoms with Gasteiger partial charge in [-0.25, -0.2) is 9.37 Å². The number of amides is 2. The second-order valence-electron chi connectivity index (χ2n) is 9.05. The van der Waals surface area contributed by atoms with Gasteiger partial charge < -0.3 is 24.3 Å². The average Bonchev–Trinajstić information content (AvgIpc) is 3.29. The van der Waals surface area contributed by atoms with Crippen LogP contribution in [0.5, 0.6) is 5.88 Å². The number of hydrogen-bond acceptors (Lipinski definition) is 5. The molecular weight excluding hydrogens is 508 g/mol. The number of nitrogens with one attached hydrogen (secondary N) is 1. The SMILES string of the molecule is COCCn1cc(C(=O)N2CCC(c3cc(CNC(=O)C(F)(F)F)ccc3F)CC2)c2ccnc(OC)c21. The van der Waals surface area contributed by atoms with E-state index in [0.717, 1.165) is 0 Å². The third kappa shape index (κ3) is 5.74. The van der Waals surface area contributed by atoms with Crippen LogP contribution in [-0.2, 0) is 22.6 Å². The third-order valence-corrected chi connectivity index (χ3v) is 6.71. The number of ether oxygens (including phenoxy) is 2. The van der Waals surface area contributed by atoms with Gasteiger partial charge in [-0.3, -0.25) is 9.59 Å². The zero-order valence-corrected chi connectivity index (χ0v) is 21.0. The number of hydrogen-bond donors (Lipinski definition) is 1. The third-order valence-electron chi connectivity index (χ3n) is 6.71. The Morgan fingerprint density at radius 1 is 1.16 bits per heavy atom. The van der Waals surface area contributed by atoms with Gasteiger partial charge in [0, 0.05) is 51.1 Å². The van der Waals surface area contributed by atoms with Gasteiger partial charge in [0.05, 0.1) is 19.3 Å². The molecule has 0 radical (unpaired) electrons. The summed E-state index contributed by atoms with van der Waals surface area (Å²) in [5, 5.41) is 2.51. The van der Waals surface area contributed by atoms with Gasteiger partial charge in [-0.1, -0.05) is 12.1 Å². The van der Waals surface area contributed by atoms with Crippen molar-refractivity contribution in [1.82, 2.24) is 19.8 Å². The van der Waals surface area contributed by atoms with Gasteiger partial charge in [0.25, 0.3) is 5.91 Å². The molecule has 4 rings (SSSR count). The molecule has 0 unspecified atom stereocenters. The molecule has 204 valence electrons. The van der Waals surface area contributed by atoms with Gasteiger partial charge in [0.2, 0.25) is 5.88 Å². The van der Waals surface area contributed by atoms with Crippen molar-refractivity contribution in [3.63, 3.8) is 0 Å². The number of alkyl halides is 3. The van der Waals surface area contributed by atoms with E-state index in [2.05, 4.69) is 4.98 Å². The number of benzene rings is 1. The molecule has 0 saturated carbocycles. The highest BCUT2D eigenvalue weighted by molar-refractivity contribution is 6.08. The summed E-state index contributed by atoms with van der Waals surface area (Å²) in [5.41, 5.74) is 1.93. The van der Waals surface area contributed by atoms with Crippen molar-refractivity contribution in [2.24, 2.45) is 0 Å². The number of fused-ring (bicyclic) bond motifs is 1. The first-order chi connectivity index (χ1) is 18.1. The summed E-state index contributed by atoms with van der Waals surface area (Å²) in [5.74, 6) is -2.50. The molecule has 0 aliphatic carbocycles. The monoisotopic (exact) mass is 536 g/mol. The lowest BCUT2D eigenvalue weighted by molar-refractivity contribution is -0.173. The van der Waals surface area contributed by atoms with Crippen LogP contribution in [0.1, 0.15) is 40.2 Å². The van der Waals surface area contributed by atoms with Crippen LogP contribution in [0.4, 0.5) is 17.6 Å². The molecule has 3 heterocycles. The van der Waals surface area contributed by atoms with E-state index >= 15 is 0 Å². The maximum Gasteiger partial charge on any atom is 0.471 e. The van der Waals surface area contributed by atoms with Crippen LogP contribution >= 0.6 is 0 Å². The lowest BCUT2D eigenvalue weighted by atomic mass is 9.88. The number of methoxy groups -OCH3 is 2. The van der Waals surface area contributed by atoms with Gasteiger partial charge in [0.1, 0.15) is 11.3 Å². The smallest absolute Gasteiger partial charge is 0.471 e. The molecule has 0 spiro atoms. The zero-order chi connectivity index (χ0) is 27.4. The Morgan fingerprint density at radius 3 is 2.55 bits per heavy atom. The van der Waals surface area contributed by atoms with Gasteiger partial charge in [-0.15, -0.1) is 0 Å². The maximum absolute atomic E-state index is 14.6. The van der Waals surface area contributed by atoms with Crippen LogP contribution in [0, 0.1) is 5.82 Å². The largest absolute Gasteiger partial charge is 0.479 e. The molecule has 2 aromatic heterocycles. The molecule has 0 atom stereocenters. The predicted octanol–water partition coefficient (Wildman–Crippen LogP) is 4.03. The molecule has 1 aliphatic rings. The Balaban J connectivity index is 1.47. The second kappa shape index (κ2) is 11.4. The van der Waals surface area contributed by atoms with E-state index in [-0.39, 0.29) is 18.4 Å². The van der Waals surface area contributed by atoms with Crippen molar-refractivity contribution in [2.75, 3.05) is 33.9 Å². The van der Waals surface area contributed by atoms with Gasteiger partial charge in [-0.2, -0.15) is 13.2 Å². The molecule has 2 amide bonds. The van der Waals surface area contributed by atoms with Crippen LogP contribution < -0.4 is 10.1 Å². The molecule has 1 aliphatic heterocycles. The van der Waals surface area contributed by atoms with E-state index in [0.29, 0.717) is 72.6 Å². The first-order valence-electron chi connectivity index (χ1n) is 12.1. The summed E-state index contributed by atoms with van der Waals surface area (Å²) in [6.07, 6.45) is -0.680. The van der Waals surface area contributed by atoms with E-state index in [1.165, 1.54) is 25.3 Å². The minimum Gasteiger partial charge on any atom is -0.479 e. The van der Waals surface area contributed by atoms with Crippen molar-refractivity contribution in [3.05, 3.63) is 59.2 Å². The summed E-state index contributed by atoms with van der Waals surface area (Å²) >= 11 is 0. The Kier molecular flexibility index (Phi) is 8.20. The Labute approximate surface area is 216 Å². The fourth-order valence-electron chi connectivity index (χ4n) is 4.77. The van der Waals surface area contributed by atoms with E-state index in [1.807, 2.05) is 4.57 Å². The molecule has 12 heteroatoms. The zero-order valence-electron chi connectivity index (χ0n) is 21.0. The normalized spacial score (nSPS) is 14.6. The Hall–Kier alpha value is -3.67. The summed E-state index contributed by atoms with van der Waals surface area (Å²) in [4.78, 5) is 30.6. The molecule has 1 fully saturated rings. The molecule has 0 bridgehead atoms. The topological polar surface area (TPSA) is 85.7 Å². The number of aromatic nitrogens is 2. The first-order valence-corrected chi connectivity index (χ1v) is 12.1.